The Kier molecular flexibility index (Phi) is 5.85. The van der Waals surface area contributed by atoms with E-state index in [1.807, 2.05) is 20.8 Å². The van der Waals surface area contributed by atoms with Gasteiger partial charge in [-0.2, -0.15) is 0 Å². The summed E-state index contributed by atoms with van der Waals surface area (Å²) in [5.41, 5.74) is 1.25. The van der Waals surface area contributed by atoms with Gasteiger partial charge in [0.1, 0.15) is 5.75 Å². The molecule has 0 aromatic heterocycles. The molecular weight excluding hydrogens is 384 g/mol. The molecule has 0 unspecified atom stereocenters. The monoisotopic (exact) mass is 404 g/mol. The number of hydrogen-bond donors (Lipinski definition) is 2. The summed E-state index contributed by atoms with van der Waals surface area (Å²) in [5.74, 6) is 0.0472. The molecule has 0 aliphatic rings. The molecule has 0 saturated heterocycles. The highest BCUT2D eigenvalue weighted by Crippen LogP contribution is 2.24. The number of halogens is 1. The van der Waals surface area contributed by atoms with Crippen LogP contribution >= 0.6 is 15.9 Å². The third kappa shape index (κ3) is 5.32. The van der Waals surface area contributed by atoms with E-state index < -0.39 is 0 Å². The van der Waals surface area contributed by atoms with Crippen molar-refractivity contribution in [2.45, 2.75) is 26.3 Å². The van der Waals surface area contributed by atoms with E-state index in [2.05, 4.69) is 26.6 Å². The molecule has 5 nitrogen and oxygen atoms in total. The number of carbonyl (C=O) groups excluding carboxylic acids is 2. The molecule has 0 aliphatic heterocycles. The number of amides is 2. The van der Waals surface area contributed by atoms with Gasteiger partial charge >= 0.3 is 0 Å². The van der Waals surface area contributed by atoms with Gasteiger partial charge in [-0.25, -0.2) is 0 Å². The average Bonchev–Trinajstić information content (AvgIpc) is 2.53. The summed E-state index contributed by atoms with van der Waals surface area (Å²) in [7, 11) is 1.52. The van der Waals surface area contributed by atoms with E-state index in [4.69, 9.17) is 4.74 Å². The fraction of sp³-hybridized carbons (Fsp3) is 0.263. The molecule has 0 aliphatic carbocycles. The predicted molar refractivity (Wildman–Crippen MR) is 102 cm³/mol. The highest BCUT2D eigenvalue weighted by molar-refractivity contribution is 9.10. The van der Waals surface area contributed by atoms with Gasteiger partial charge in [0.2, 0.25) is 0 Å². The number of anilines is 1. The van der Waals surface area contributed by atoms with Gasteiger partial charge in [-0.3, -0.25) is 9.59 Å². The minimum absolute atomic E-state index is 0.154. The van der Waals surface area contributed by atoms with Gasteiger partial charge in [-0.1, -0.05) is 15.9 Å². The second-order valence-corrected chi connectivity index (χ2v) is 7.50. The van der Waals surface area contributed by atoms with Gasteiger partial charge in [0.15, 0.2) is 0 Å². The van der Waals surface area contributed by atoms with E-state index in [0.717, 1.165) is 4.47 Å². The van der Waals surface area contributed by atoms with E-state index in [1.54, 1.807) is 42.5 Å². The standard InChI is InChI=1S/C19H21BrN2O3/c1-19(2,3)22-17(23)12-5-8-14(9-6-12)21-18(24)15-11-13(20)7-10-16(15)25-4/h5-11H,1-4H3,(H,21,24)(H,22,23). The number of ether oxygens (including phenoxy) is 1. The van der Waals surface area contributed by atoms with Gasteiger partial charge in [0, 0.05) is 21.3 Å². The van der Waals surface area contributed by atoms with Crippen molar-refractivity contribution in [3.8, 4) is 5.75 Å². The van der Waals surface area contributed by atoms with Crippen molar-refractivity contribution in [2.24, 2.45) is 0 Å². The van der Waals surface area contributed by atoms with Gasteiger partial charge in [-0.05, 0) is 63.2 Å². The number of rotatable bonds is 4. The molecule has 0 atom stereocenters. The van der Waals surface area contributed by atoms with Crippen molar-refractivity contribution in [1.29, 1.82) is 0 Å². The van der Waals surface area contributed by atoms with E-state index >= 15 is 0 Å². The lowest BCUT2D eigenvalue weighted by molar-refractivity contribution is 0.0919. The molecule has 25 heavy (non-hydrogen) atoms. The highest BCUT2D eigenvalue weighted by Gasteiger charge is 2.16. The molecule has 0 heterocycles. The van der Waals surface area contributed by atoms with Crippen molar-refractivity contribution in [2.75, 3.05) is 12.4 Å². The van der Waals surface area contributed by atoms with Crippen LogP contribution in [0.15, 0.2) is 46.9 Å². The minimum atomic E-state index is -0.304. The molecule has 0 saturated carbocycles. The fourth-order valence-corrected chi connectivity index (χ4v) is 2.53. The summed E-state index contributed by atoms with van der Waals surface area (Å²) in [6.45, 7) is 5.76. The van der Waals surface area contributed by atoms with Crippen molar-refractivity contribution in [1.82, 2.24) is 5.32 Å². The molecule has 2 N–H and O–H groups in total. The fourth-order valence-electron chi connectivity index (χ4n) is 2.17. The van der Waals surface area contributed by atoms with E-state index in [0.29, 0.717) is 22.6 Å². The van der Waals surface area contributed by atoms with Crippen molar-refractivity contribution >= 4 is 33.4 Å². The third-order valence-electron chi connectivity index (χ3n) is 3.30. The van der Waals surface area contributed by atoms with Crippen LogP contribution in [0.25, 0.3) is 0 Å². The Morgan fingerprint density at radius 3 is 2.20 bits per heavy atom. The Balaban J connectivity index is 2.12. The molecule has 0 fully saturated rings. The SMILES string of the molecule is COc1ccc(Br)cc1C(=O)Nc1ccc(C(=O)NC(C)(C)C)cc1. The van der Waals surface area contributed by atoms with Crippen molar-refractivity contribution in [3.63, 3.8) is 0 Å². The molecular formula is C19H21BrN2O3. The first-order valence-electron chi connectivity index (χ1n) is 7.77. The maximum Gasteiger partial charge on any atom is 0.259 e. The molecule has 2 aromatic carbocycles. The Morgan fingerprint density at radius 1 is 1.00 bits per heavy atom. The lowest BCUT2D eigenvalue weighted by Gasteiger charge is -2.20. The van der Waals surface area contributed by atoms with E-state index in [-0.39, 0.29) is 17.4 Å². The maximum absolute atomic E-state index is 12.5. The van der Waals surface area contributed by atoms with Crippen LogP contribution in [0.2, 0.25) is 0 Å². The van der Waals surface area contributed by atoms with Crippen LogP contribution in [0.1, 0.15) is 41.5 Å². The van der Waals surface area contributed by atoms with Crippen LogP contribution in [0.5, 0.6) is 5.75 Å². The average molecular weight is 405 g/mol. The van der Waals surface area contributed by atoms with Crippen LogP contribution in [-0.4, -0.2) is 24.5 Å². The van der Waals surface area contributed by atoms with Crippen LogP contribution < -0.4 is 15.4 Å². The lowest BCUT2D eigenvalue weighted by atomic mass is 10.1. The largest absolute Gasteiger partial charge is 0.496 e. The molecule has 0 spiro atoms. The maximum atomic E-state index is 12.5. The molecule has 2 amide bonds. The second-order valence-electron chi connectivity index (χ2n) is 6.58. The highest BCUT2D eigenvalue weighted by atomic mass is 79.9. The predicted octanol–water partition coefficient (Wildman–Crippen LogP) is 4.24. The molecule has 0 radical (unpaired) electrons. The summed E-state index contributed by atoms with van der Waals surface area (Å²) in [4.78, 5) is 24.6. The zero-order chi connectivity index (χ0) is 18.6. The van der Waals surface area contributed by atoms with Gasteiger partial charge < -0.3 is 15.4 Å². The summed E-state index contributed by atoms with van der Waals surface area (Å²) in [6.07, 6.45) is 0. The molecule has 2 rings (SSSR count). The Hall–Kier alpha value is -2.34. The summed E-state index contributed by atoms with van der Waals surface area (Å²) in [6, 6.07) is 12.0. The zero-order valence-corrected chi connectivity index (χ0v) is 16.2. The van der Waals surface area contributed by atoms with Crippen LogP contribution in [0.3, 0.4) is 0 Å². The van der Waals surface area contributed by atoms with Crippen LogP contribution in [0, 0.1) is 0 Å². The summed E-state index contributed by atoms with van der Waals surface area (Å²) in [5, 5.41) is 5.70. The number of benzene rings is 2. The van der Waals surface area contributed by atoms with Crippen molar-refractivity contribution in [3.05, 3.63) is 58.1 Å². The Bertz CT molecular complexity index is 780. The van der Waals surface area contributed by atoms with E-state index in [1.165, 1.54) is 7.11 Å². The first-order chi connectivity index (χ1) is 11.7. The van der Waals surface area contributed by atoms with E-state index in [9.17, 15) is 9.59 Å². The van der Waals surface area contributed by atoms with Gasteiger partial charge in [0.25, 0.3) is 11.8 Å². The lowest BCUT2D eigenvalue weighted by Crippen LogP contribution is -2.40. The first-order valence-corrected chi connectivity index (χ1v) is 8.56. The normalized spacial score (nSPS) is 10.9. The van der Waals surface area contributed by atoms with Gasteiger partial charge in [0.05, 0.1) is 12.7 Å². The van der Waals surface area contributed by atoms with Crippen LogP contribution in [0.4, 0.5) is 5.69 Å². The smallest absolute Gasteiger partial charge is 0.259 e. The first kappa shape index (κ1) is 19.0. The Morgan fingerprint density at radius 2 is 1.64 bits per heavy atom. The topological polar surface area (TPSA) is 67.4 Å². The van der Waals surface area contributed by atoms with Crippen molar-refractivity contribution < 1.29 is 14.3 Å². The van der Waals surface area contributed by atoms with Gasteiger partial charge in [-0.15, -0.1) is 0 Å². The number of hydrogen-bond acceptors (Lipinski definition) is 3. The molecule has 132 valence electrons. The second kappa shape index (κ2) is 7.70. The summed E-state index contributed by atoms with van der Waals surface area (Å²) >= 11 is 3.35. The molecule has 0 bridgehead atoms. The number of carbonyl (C=O) groups is 2. The minimum Gasteiger partial charge on any atom is -0.496 e. The number of methoxy groups -OCH3 is 1. The summed E-state index contributed by atoms with van der Waals surface area (Å²) < 4.78 is 6.01. The third-order valence-corrected chi connectivity index (χ3v) is 3.79. The van der Waals surface area contributed by atoms with Crippen LogP contribution in [-0.2, 0) is 0 Å². The quantitative estimate of drug-likeness (QED) is 0.800. The molecule has 2 aromatic rings. The Labute approximate surface area is 155 Å². The zero-order valence-electron chi connectivity index (χ0n) is 14.6. The number of nitrogens with one attached hydrogen (secondary N) is 2. The molecule has 6 heteroatoms.